The number of nitrogens with zero attached hydrogens (tertiary/aromatic N) is 1. The summed E-state index contributed by atoms with van der Waals surface area (Å²) in [5.41, 5.74) is 0.822. The lowest BCUT2D eigenvalue weighted by atomic mass is 9.97. The lowest BCUT2D eigenvalue weighted by molar-refractivity contribution is -0.141. The molecule has 0 bridgehead atoms. The van der Waals surface area contributed by atoms with Crippen molar-refractivity contribution in [1.29, 1.82) is 0 Å². The summed E-state index contributed by atoms with van der Waals surface area (Å²) in [6.07, 6.45) is 0.973. The second-order valence-electron chi connectivity index (χ2n) is 7.65. The average molecular weight is 435 g/mol. The minimum atomic E-state index is -1.15. The van der Waals surface area contributed by atoms with Gasteiger partial charge in [-0.3, -0.25) is 14.4 Å². The largest absolute Gasteiger partial charge is 0.445 e. The Morgan fingerprint density at radius 3 is 2.58 bits per heavy atom. The smallest absolute Gasteiger partial charge is 0.408 e. The molecule has 170 valence electrons. The van der Waals surface area contributed by atoms with Gasteiger partial charge in [-0.1, -0.05) is 50.6 Å². The van der Waals surface area contributed by atoms with E-state index < -0.39 is 43.1 Å². The van der Waals surface area contributed by atoms with Crippen molar-refractivity contribution in [3.05, 3.63) is 35.9 Å². The molecule has 0 aliphatic carbocycles. The number of rotatable bonds is 10. The standard InChI is InChI=1S/C22H30FN3O5/c1-3-15(2)19(25-22(30)31-14-16-8-5-4-6-9-16)21(29)26-11-7-10-18(26)20(28)24-13-17(27)12-23/h4-6,8-9,15,18-19H,3,7,10-14H2,1-2H3,(H,24,28)(H,25,30)/t15?,18-,19-/m0/s1. The lowest BCUT2D eigenvalue weighted by Crippen LogP contribution is -2.55. The number of Topliss-reactive ketones (excluding diaryl/α,β-unsaturated/α-hetero) is 1. The van der Waals surface area contributed by atoms with E-state index in [2.05, 4.69) is 10.6 Å². The van der Waals surface area contributed by atoms with Crippen molar-refractivity contribution >= 4 is 23.7 Å². The van der Waals surface area contributed by atoms with Crippen LogP contribution in [0.15, 0.2) is 30.3 Å². The highest BCUT2D eigenvalue weighted by molar-refractivity contribution is 5.93. The second kappa shape index (κ2) is 12.0. The summed E-state index contributed by atoms with van der Waals surface area (Å²) in [5.74, 6) is -1.79. The van der Waals surface area contributed by atoms with Crippen molar-refractivity contribution < 1.29 is 28.3 Å². The first-order valence-electron chi connectivity index (χ1n) is 10.5. The van der Waals surface area contributed by atoms with Gasteiger partial charge in [0.05, 0.1) is 6.54 Å². The summed E-state index contributed by atoms with van der Waals surface area (Å²) < 4.78 is 17.6. The van der Waals surface area contributed by atoms with Crippen LogP contribution in [0, 0.1) is 5.92 Å². The van der Waals surface area contributed by atoms with Gasteiger partial charge < -0.3 is 20.3 Å². The number of ketones is 1. The van der Waals surface area contributed by atoms with Gasteiger partial charge in [0.25, 0.3) is 0 Å². The van der Waals surface area contributed by atoms with Gasteiger partial charge in [0.1, 0.15) is 25.4 Å². The highest BCUT2D eigenvalue weighted by atomic mass is 19.1. The predicted octanol–water partition coefficient (Wildman–Crippen LogP) is 1.97. The van der Waals surface area contributed by atoms with E-state index in [9.17, 15) is 23.6 Å². The van der Waals surface area contributed by atoms with Gasteiger partial charge >= 0.3 is 6.09 Å². The Hall–Kier alpha value is -2.97. The third-order valence-electron chi connectivity index (χ3n) is 5.41. The molecule has 3 amide bonds. The molecule has 1 aliphatic heterocycles. The van der Waals surface area contributed by atoms with Crippen molar-refractivity contribution in [3.63, 3.8) is 0 Å². The van der Waals surface area contributed by atoms with Gasteiger partial charge in [-0.15, -0.1) is 0 Å². The third-order valence-corrected chi connectivity index (χ3v) is 5.41. The van der Waals surface area contributed by atoms with E-state index in [1.54, 1.807) is 0 Å². The monoisotopic (exact) mass is 435 g/mol. The number of ether oxygens (including phenoxy) is 1. The molecule has 2 rings (SSSR count). The molecule has 0 radical (unpaired) electrons. The Morgan fingerprint density at radius 2 is 1.94 bits per heavy atom. The molecule has 9 heteroatoms. The molecule has 31 heavy (non-hydrogen) atoms. The number of alkyl carbamates (subject to hydrolysis) is 1. The molecule has 1 unspecified atom stereocenters. The van der Waals surface area contributed by atoms with E-state index in [-0.39, 0.29) is 18.4 Å². The van der Waals surface area contributed by atoms with Crippen LogP contribution in [-0.2, 0) is 25.7 Å². The Balaban J connectivity index is 2.01. The number of nitrogens with one attached hydrogen (secondary N) is 2. The first-order valence-corrected chi connectivity index (χ1v) is 10.5. The van der Waals surface area contributed by atoms with Crippen LogP contribution in [0.4, 0.5) is 9.18 Å². The molecule has 3 atom stereocenters. The number of amides is 3. The zero-order valence-corrected chi connectivity index (χ0v) is 17.9. The zero-order valence-electron chi connectivity index (χ0n) is 17.9. The molecule has 1 aliphatic rings. The van der Waals surface area contributed by atoms with Crippen LogP contribution in [0.5, 0.6) is 0 Å². The number of hydrogen-bond donors (Lipinski definition) is 2. The number of benzene rings is 1. The Labute approximate surface area is 181 Å². The van der Waals surface area contributed by atoms with Crippen molar-refractivity contribution in [1.82, 2.24) is 15.5 Å². The highest BCUT2D eigenvalue weighted by Gasteiger charge is 2.39. The summed E-state index contributed by atoms with van der Waals surface area (Å²) in [4.78, 5) is 50.5. The molecule has 1 aromatic rings. The maximum atomic E-state index is 13.2. The van der Waals surface area contributed by atoms with Crippen LogP contribution in [0.3, 0.4) is 0 Å². The number of alkyl halides is 1. The van der Waals surface area contributed by atoms with E-state index in [0.29, 0.717) is 25.8 Å². The van der Waals surface area contributed by atoms with E-state index in [0.717, 1.165) is 5.56 Å². The fraction of sp³-hybridized carbons (Fsp3) is 0.545. The van der Waals surface area contributed by atoms with Gasteiger partial charge in [-0.25, -0.2) is 9.18 Å². The minimum absolute atomic E-state index is 0.0748. The normalized spacial score (nSPS) is 17.5. The number of halogens is 1. The van der Waals surface area contributed by atoms with Crippen LogP contribution < -0.4 is 10.6 Å². The molecule has 2 N–H and O–H groups in total. The van der Waals surface area contributed by atoms with E-state index >= 15 is 0 Å². The molecule has 0 saturated carbocycles. The van der Waals surface area contributed by atoms with Gasteiger partial charge in [0.2, 0.25) is 11.8 Å². The number of carbonyl (C=O) groups excluding carboxylic acids is 4. The lowest BCUT2D eigenvalue weighted by Gasteiger charge is -2.31. The van der Waals surface area contributed by atoms with Crippen LogP contribution >= 0.6 is 0 Å². The first-order chi connectivity index (χ1) is 14.9. The molecular formula is C22H30FN3O5. The number of likely N-dealkylation sites (tertiary alicyclic amines) is 1. The van der Waals surface area contributed by atoms with Crippen molar-refractivity contribution in [2.75, 3.05) is 19.8 Å². The molecule has 0 spiro atoms. The number of carbonyl (C=O) groups is 4. The van der Waals surface area contributed by atoms with Gasteiger partial charge in [-0.05, 0) is 24.3 Å². The fourth-order valence-corrected chi connectivity index (χ4v) is 3.41. The molecule has 0 aromatic heterocycles. The summed E-state index contributed by atoms with van der Waals surface area (Å²) in [6, 6.07) is 7.57. The van der Waals surface area contributed by atoms with E-state index in [1.807, 2.05) is 44.2 Å². The van der Waals surface area contributed by atoms with Gasteiger partial charge in [0.15, 0.2) is 5.78 Å². The van der Waals surface area contributed by atoms with Crippen molar-refractivity contribution in [2.24, 2.45) is 5.92 Å². The summed E-state index contributed by atoms with van der Waals surface area (Å²) in [5, 5.41) is 5.03. The topological polar surface area (TPSA) is 105 Å². The summed E-state index contributed by atoms with van der Waals surface area (Å²) in [7, 11) is 0. The van der Waals surface area contributed by atoms with Crippen molar-refractivity contribution in [3.8, 4) is 0 Å². The molecule has 1 heterocycles. The Morgan fingerprint density at radius 1 is 1.23 bits per heavy atom. The Kier molecular flexibility index (Phi) is 9.42. The third kappa shape index (κ3) is 7.04. The first kappa shape index (κ1) is 24.3. The predicted molar refractivity (Wildman–Crippen MR) is 112 cm³/mol. The summed E-state index contributed by atoms with van der Waals surface area (Å²) >= 11 is 0. The van der Waals surface area contributed by atoms with Gasteiger partial charge in [0, 0.05) is 6.54 Å². The SMILES string of the molecule is CCC(C)[C@H](NC(=O)OCc1ccccc1)C(=O)N1CCC[C@H]1C(=O)NCC(=O)CF. The fourth-order valence-electron chi connectivity index (χ4n) is 3.41. The van der Waals surface area contributed by atoms with Crippen LogP contribution in [0.2, 0.25) is 0 Å². The number of hydrogen-bond acceptors (Lipinski definition) is 5. The van der Waals surface area contributed by atoms with Crippen LogP contribution in [-0.4, -0.2) is 60.4 Å². The van der Waals surface area contributed by atoms with Crippen LogP contribution in [0.1, 0.15) is 38.7 Å². The van der Waals surface area contributed by atoms with Crippen molar-refractivity contribution in [2.45, 2.75) is 51.8 Å². The summed E-state index contributed by atoms with van der Waals surface area (Å²) in [6.45, 7) is 2.61. The molecule has 1 saturated heterocycles. The highest BCUT2D eigenvalue weighted by Crippen LogP contribution is 2.21. The molecule has 1 fully saturated rings. The van der Waals surface area contributed by atoms with Gasteiger partial charge in [-0.2, -0.15) is 0 Å². The maximum absolute atomic E-state index is 13.2. The molecular weight excluding hydrogens is 405 g/mol. The quantitative estimate of drug-likeness (QED) is 0.585. The van der Waals surface area contributed by atoms with E-state index in [1.165, 1.54) is 4.90 Å². The average Bonchev–Trinajstić information content (AvgIpc) is 3.29. The minimum Gasteiger partial charge on any atom is -0.445 e. The molecule has 8 nitrogen and oxygen atoms in total. The Bertz CT molecular complexity index is 774. The maximum Gasteiger partial charge on any atom is 0.408 e. The zero-order chi connectivity index (χ0) is 22.8. The second-order valence-corrected chi connectivity index (χ2v) is 7.65. The molecule has 1 aromatic carbocycles. The van der Waals surface area contributed by atoms with E-state index in [4.69, 9.17) is 4.74 Å². The van der Waals surface area contributed by atoms with Crippen LogP contribution in [0.25, 0.3) is 0 Å².